The van der Waals surface area contributed by atoms with E-state index in [1.54, 1.807) is 25.4 Å². The topological polar surface area (TPSA) is 45.9 Å². The van der Waals surface area contributed by atoms with E-state index in [2.05, 4.69) is 4.98 Å². The molecular formula is C6H7N2O. The normalized spacial score (nSPS) is 9.00. The molecule has 1 aromatic heterocycles. The summed E-state index contributed by atoms with van der Waals surface area (Å²) < 4.78 is 4.84. The van der Waals surface area contributed by atoms with E-state index >= 15 is 0 Å². The zero-order valence-corrected chi connectivity index (χ0v) is 5.09. The molecule has 0 aliphatic heterocycles. The molecule has 1 radical (unpaired) electrons. The molecule has 0 saturated heterocycles. The molecule has 0 spiro atoms. The monoisotopic (exact) mass is 123 g/mol. The van der Waals surface area contributed by atoms with Crippen molar-refractivity contribution in [1.29, 1.82) is 0 Å². The van der Waals surface area contributed by atoms with Gasteiger partial charge in [0, 0.05) is 12.3 Å². The Morgan fingerprint density at radius 1 is 1.67 bits per heavy atom. The fourth-order valence-electron chi connectivity index (χ4n) is 0.538. The minimum absolute atomic E-state index is 0.231. The predicted octanol–water partition coefficient (Wildman–Crippen LogP) is 1.00. The SMILES string of the molecule is COc1ccnc([NH])c1. The largest absolute Gasteiger partial charge is 0.497 e. The van der Waals surface area contributed by atoms with Crippen LogP contribution in [0.4, 0.5) is 5.82 Å². The second kappa shape index (κ2) is 2.35. The molecule has 0 saturated carbocycles. The van der Waals surface area contributed by atoms with E-state index in [0.717, 1.165) is 0 Å². The lowest BCUT2D eigenvalue weighted by Gasteiger charge is -1.96. The molecule has 9 heavy (non-hydrogen) atoms. The fraction of sp³-hybridized carbons (Fsp3) is 0.167. The van der Waals surface area contributed by atoms with Crippen molar-refractivity contribution in [3.63, 3.8) is 0 Å². The summed E-state index contributed by atoms with van der Waals surface area (Å²) in [5.74, 6) is 0.907. The van der Waals surface area contributed by atoms with Gasteiger partial charge in [0.1, 0.15) is 11.6 Å². The lowest BCUT2D eigenvalue weighted by atomic mass is 10.4. The Hall–Kier alpha value is -1.25. The van der Waals surface area contributed by atoms with Crippen LogP contribution in [-0.4, -0.2) is 12.1 Å². The summed E-state index contributed by atoms with van der Waals surface area (Å²) in [5, 5.41) is 0. The molecule has 0 atom stereocenters. The van der Waals surface area contributed by atoms with E-state index in [4.69, 9.17) is 10.5 Å². The van der Waals surface area contributed by atoms with Gasteiger partial charge in [-0.15, -0.1) is 0 Å². The summed E-state index contributed by atoms with van der Waals surface area (Å²) in [6.45, 7) is 0. The van der Waals surface area contributed by atoms with E-state index in [9.17, 15) is 0 Å². The number of pyridine rings is 1. The third-order valence-electron chi connectivity index (χ3n) is 0.967. The molecule has 1 N–H and O–H groups in total. The van der Waals surface area contributed by atoms with Crippen molar-refractivity contribution in [3.05, 3.63) is 18.3 Å². The fourth-order valence-corrected chi connectivity index (χ4v) is 0.538. The van der Waals surface area contributed by atoms with E-state index in [1.807, 2.05) is 0 Å². The van der Waals surface area contributed by atoms with E-state index in [0.29, 0.717) is 5.75 Å². The van der Waals surface area contributed by atoms with Crippen LogP contribution in [0.15, 0.2) is 18.3 Å². The maximum absolute atomic E-state index is 7.05. The van der Waals surface area contributed by atoms with E-state index in [1.165, 1.54) is 0 Å². The molecule has 0 unspecified atom stereocenters. The molecule has 0 aliphatic rings. The third-order valence-corrected chi connectivity index (χ3v) is 0.967. The quantitative estimate of drug-likeness (QED) is 0.559. The molecular weight excluding hydrogens is 116 g/mol. The maximum atomic E-state index is 7.05. The Morgan fingerprint density at radius 2 is 2.44 bits per heavy atom. The van der Waals surface area contributed by atoms with Crippen molar-refractivity contribution < 1.29 is 4.74 Å². The number of nitrogens with one attached hydrogen (secondary N) is 1. The van der Waals surface area contributed by atoms with Crippen LogP contribution in [0.5, 0.6) is 5.75 Å². The minimum Gasteiger partial charge on any atom is -0.497 e. The number of nitrogens with zero attached hydrogens (tertiary/aromatic N) is 1. The molecule has 3 heteroatoms. The Kier molecular flexibility index (Phi) is 1.53. The van der Waals surface area contributed by atoms with E-state index < -0.39 is 0 Å². The number of aromatic nitrogens is 1. The molecule has 1 aromatic rings. The molecule has 0 aliphatic carbocycles. The zero-order chi connectivity index (χ0) is 6.69. The van der Waals surface area contributed by atoms with Crippen molar-refractivity contribution in [2.45, 2.75) is 0 Å². The number of rotatable bonds is 1. The molecule has 0 amide bonds. The van der Waals surface area contributed by atoms with Crippen molar-refractivity contribution in [2.75, 3.05) is 7.11 Å². The summed E-state index contributed by atoms with van der Waals surface area (Å²) >= 11 is 0. The van der Waals surface area contributed by atoms with Crippen molar-refractivity contribution in [2.24, 2.45) is 0 Å². The summed E-state index contributed by atoms with van der Waals surface area (Å²) in [5.41, 5.74) is 7.05. The van der Waals surface area contributed by atoms with Gasteiger partial charge in [0.15, 0.2) is 0 Å². The van der Waals surface area contributed by atoms with Crippen LogP contribution >= 0.6 is 0 Å². The standard InChI is InChI=1S/C6H7N2O/c1-9-5-2-3-8-6(7)4-5/h2-4,7H,1H3. The highest BCUT2D eigenvalue weighted by Gasteiger charge is 1.89. The Morgan fingerprint density at radius 3 is 2.89 bits per heavy atom. The predicted molar refractivity (Wildman–Crippen MR) is 33.5 cm³/mol. The molecule has 0 bridgehead atoms. The van der Waals surface area contributed by atoms with Crippen LogP contribution in [-0.2, 0) is 0 Å². The van der Waals surface area contributed by atoms with Crippen molar-refractivity contribution in [3.8, 4) is 5.75 Å². The Labute approximate surface area is 53.5 Å². The third kappa shape index (κ3) is 1.32. The Bertz CT molecular complexity index is 200. The highest BCUT2D eigenvalue weighted by molar-refractivity contribution is 5.32. The van der Waals surface area contributed by atoms with Crippen molar-refractivity contribution in [1.82, 2.24) is 10.7 Å². The van der Waals surface area contributed by atoms with Gasteiger partial charge in [0.2, 0.25) is 0 Å². The molecule has 3 nitrogen and oxygen atoms in total. The second-order valence-electron chi connectivity index (χ2n) is 1.58. The van der Waals surface area contributed by atoms with Crippen LogP contribution in [0.1, 0.15) is 0 Å². The van der Waals surface area contributed by atoms with Gasteiger partial charge in [0.25, 0.3) is 0 Å². The van der Waals surface area contributed by atoms with Crippen LogP contribution in [0.2, 0.25) is 0 Å². The van der Waals surface area contributed by atoms with Crippen LogP contribution < -0.4 is 10.5 Å². The smallest absolute Gasteiger partial charge is 0.148 e. The molecule has 0 aromatic carbocycles. The van der Waals surface area contributed by atoms with Gasteiger partial charge in [-0.3, -0.25) is 5.73 Å². The first-order valence-corrected chi connectivity index (χ1v) is 2.54. The molecule has 1 heterocycles. The Balaban J connectivity index is 2.94. The van der Waals surface area contributed by atoms with Gasteiger partial charge in [-0.05, 0) is 6.07 Å². The highest BCUT2D eigenvalue weighted by atomic mass is 16.5. The average molecular weight is 123 g/mol. The first-order valence-electron chi connectivity index (χ1n) is 2.54. The van der Waals surface area contributed by atoms with Crippen LogP contribution in [0, 0.1) is 0 Å². The maximum Gasteiger partial charge on any atom is 0.148 e. The van der Waals surface area contributed by atoms with Gasteiger partial charge < -0.3 is 4.74 Å². The second-order valence-corrected chi connectivity index (χ2v) is 1.58. The first-order chi connectivity index (χ1) is 4.33. The lowest BCUT2D eigenvalue weighted by Crippen LogP contribution is -1.83. The molecule has 47 valence electrons. The number of hydrogen-bond donors (Lipinski definition) is 0. The summed E-state index contributed by atoms with van der Waals surface area (Å²) in [7, 11) is 1.56. The first kappa shape index (κ1) is 5.88. The molecule has 0 fully saturated rings. The van der Waals surface area contributed by atoms with Gasteiger partial charge in [-0.1, -0.05) is 0 Å². The summed E-state index contributed by atoms with van der Waals surface area (Å²) in [4.78, 5) is 3.67. The number of ether oxygens (including phenoxy) is 1. The van der Waals surface area contributed by atoms with Gasteiger partial charge in [-0.25, -0.2) is 4.98 Å². The summed E-state index contributed by atoms with van der Waals surface area (Å²) in [6, 6.07) is 3.26. The minimum atomic E-state index is 0.231. The van der Waals surface area contributed by atoms with Crippen LogP contribution in [0.25, 0.3) is 0 Å². The van der Waals surface area contributed by atoms with Crippen molar-refractivity contribution >= 4 is 5.82 Å². The van der Waals surface area contributed by atoms with Gasteiger partial charge >= 0.3 is 0 Å². The zero-order valence-electron chi connectivity index (χ0n) is 5.09. The van der Waals surface area contributed by atoms with Gasteiger partial charge in [0.05, 0.1) is 7.11 Å². The van der Waals surface area contributed by atoms with Gasteiger partial charge in [-0.2, -0.15) is 0 Å². The average Bonchev–Trinajstić information content (AvgIpc) is 1.88. The van der Waals surface area contributed by atoms with E-state index in [-0.39, 0.29) is 5.82 Å². The lowest BCUT2D eigenvalue weighted by molar-refractivity contribution is 0.414. The highest BCUT2D eigenvalue weighted by Crippen LogP contribution is 2.10. The number of hydrogen-bond acceptors (Lipinski definition) is 2. The van der Waals surface area contributed by atoms with Crippen LogP contribution in [0.3, 0.4) is 0 Å². The summed E-state index contributed by atoms with van der Waals surface area (Å²) in [6.07, 6.45) is 1.54. The number of methoxy groups -OCH3 is 1. The molecule has 1 rings (SSSR count).